The number of rotatable bonds is 8. The molecule has 0 spiro atoms. The van der Waals surface area contributed by atoms with Gasteiger partial charge < -0.3 is 14.8 Å². The molecular weight excluding hydrogens is 456 g/mol. The van der Waals surface area contributed by atoms with Crippen LogP contribution in [-0.4, -0.2) is 33.5 Å². The zero-order valence-electron chi connectivity index (χ0n) is 19.6. The second kappa shape index (κ2) is 10.7. The van der Waals surface area contributed by atoms with Gasteiger partial charge in [-0.25, -0.2) is 4.79 Å². The Morgan fingerprint density at radius 2 is 1.79 bits per heavy atom. The zero-order chi connectivity index (χ0) is 24.9. The van der Waals surface area contributed by atoms with Crippen molar-refractivity contribution in [2.45, 2.75) is 51.1 Å². The molecule has 2 aromatic carbocycles. The van der Waals surface area contributed by atoms with E-state index in [2.05, 4.69) is 5.32 Å². The van der Waals surface area contributed by atoms with Crippen LogP contribution in [0.4, 0.5) is 0 Å². The Morgan fingerprint density at radius 3 is 2.41 bits per heavy atom. The van der Waals surface area contributed by atoms with E-state index in [-0.39, 0.29) is 23.9 Å². The van der Waals surface area contributed by atoms with Crippen LogP contribution in [-0.2, 0) is 20.9 Å². The summed E-state index contributed by atoms with van der Waals surface area (Å²) in [7, 11) is 0. The summed E-state index contributed by atoms with van der Waals surface area (Å²) < 4.78 is 11.4. The minimum Gasteiger partial charge on any atom is -0.489 e. The smallest absolute Gasteiger partial charge is 0.336 e. The summed E-state index contributed by atoms with van der Waals surface area (Å²) in [6, 6.07) is 15.2. The number of nitro groups is 1. The van der Waals surface area contributed by atoms with E-state index >= 15 is 0 Å². The number of hydrogen-bond donors (Lipinski definition) is 1. The molecule has 8 nitrogen and oxygen atoms in total. The monoisotopic (exact) mass is 484 g/mol. The molecule has 0 saturated carbocycles. The van der Waals surface area contributed by atoms with Gasteiger partial charge in [0.2, 0.25) is 0 Å². The maximum Gasteiger partial charge on any atom is 0.336 e. The number of hydrogen-bond acceptors (Lipinski definition) is 8. The van der Waals surface area contributed by atoms with Crippen molar-refractivity contribution < 1.29 is 24.0 Å². The standard InChI is InChI=1S/C25H28N2O6S/c1-5-32-24(29)21-16(2)26-25(4,34-17(3)28)23(27(30)31)22(21)19-13-9-10-14-20(19)33-15-18-11-7-6-8-12-18/h6-14,22-23,26H,5,15H2,1-4H3. The summed E-state index contributed by atoms with van der Waals surface area (Å²) in [6.07, 6.45) is 0. The highest BCUT2D eigenvalue weighted by molar-refractivity contribution is 8.14. The topological polar surface area (TPSA) is 108 Å². The Bertz CT molecular complexity index is 1100. The Morgan fingerprint density at radius 1 is 1.15 bits per heavy atom. The third-order valence-electron chi connectivity index (χ3n) is 5.60. The van der Waals surface area contributed by atoms with Gasteiger partial charge in [-0.2, -0.15) is 0 Å². The van der Waals surface area contributed by atoms with E-state index in [1.54, 1.807) is 45.0 Å². The fourth-order valence-corrected chi connectivity index (χ4v) is 5.49. The average Bonchev–Trinajstić information content (AvgIpc) is 2.77. The maximum absolute atomic E-state index is 13.0. The van der Waals surface area contributed by atoms with Crippen LogP contribution in [0, 0.1) is 10.1 Å². The molecule has 2 aromatic rings. The number of carbonyl (C=O) groups excluding carboxylic acids is 2. The van der Waals surface area contributed by atoms with Crippen molar-refractivity contribution in [3.63, 3.8) is 0 Å². The lowest BCUT2D eigenvalue weighted by Gasteiger charge is -2.42. The molecule has 0 saturated heterocycles. The van der Waals surface area contributed by atoms with Gasteiger partial charge in [0.1, 0.15) is 12.4 Å². The first kappa shape index (κ1) is 25.3. The molecule has 180 valence electrons. The van der Waals surface area contributed by atoms with Crippen molar-refractivity contribution in [3.05, 3.63) is 87.1 Å². The van der Waals surface area contributed by atoms with E-state index in [0.29, 0.717) is 17.0 Å². The molecule has 1 aliphatic heterocycles. The van der Waals surface area contributed by atoms with Crippen molar-refractivity contribution in [2.24, 2.45) is 0 Å². The van der Waals surface area contributed by atoms with Crippen LogP contribution in [0.25, 0.3) is 0 Å². The summed E-state index contributed by atoms with van der Waals surface area (Å²) in [5.41, 5.74) is 2.00. The molecule has 0 aromatic heterocycles. The van der Waals surface area contributed by atoms with E-state index in [1.165, 1.54) is 6.92 Å². The van der Waals surface area contributed by atoms with E-state index in [0.717, 1.165) is 17.3 Å². The quantitative estimate of drug-likeness (QED) is 0.333. The van der Waals surface area contributed by atoms with Gasteiger partial charge in [0.25, 0.3) is 6.04 Å². The molecular formula is C25H28N2O6S. The molecule has 1 N–H and O–H groups in total. The lowest BCUT2D eigenvalue weighted by atomic mass is 9.77. The van der Waals surface area contributed by atoms with Gasteiger partial charge >= 0.3 is 5.97 Å². The van der Waals surface area contributed by atoms with Crippen molar-refractivity contribution in [1.82, 2.24) is 5.32 Å². The summed E-state index contributed by atoms with van der Waals surface area (Å²) in [4.78, 5) is 35.8. The lowest BCUT2D eigenvalue weighted by Crippen LogP contribution is -2.59. The SMILES string of the molecule is CCOC(=O)C1=C(C)NC(C)(SC(C)=O)C([N+](=O)[O-])C1c1ccccc1OCc1ccccc1. The third-order valence-corrected chi connectivity index (χ3v) is 6.66. The number of carbonyl (C=O) groups is 2. The van der Waals surface area contributed by atoms with Crippen molar-refractivity contribution >= 4 is 22.8 Å². The molecule has 3 unspecified atom stereocenters. The van der Waals surface area contributed by atoms with Gasteiger partial charge in [0, 0.05) is 23.1 Å². The molecule has 0 bridgehead atoms. The first-order chi connectivity index (χ1) is 16.2. The van der Waals surface area contributed by atoms with Crippen LogP contribution >= 0.6 is 11.8 Å². The molecule has 0 aliphatic carbocycles. The number of nitrogens with one attached hydrogen (secondary N) is 1. The first-order valence-corrected chi connectivity index (χ1v) is 11.7. The van der Waals surface area contributed by atoms with Gasteiger partial charge in [0.05, 0.1) is 18.1 Å². The lowest BCUT2D eigenvalue weighted by molar-refractivity contribution is -0.532. The van der Waals surface area contributed by atoms with Crippen LogP contribution in [0.3, 0.4) is 0 Å². The summed E-state index contributed by atoms with van der Waals surface area (Å²) in [5, 5.41) is 15.3. The molecule has 1 aliphatic rings. The van der Waals surface area contributed by atoms with Gasteiger partial charge in [-0.3, -0.25) is 14.9 Å². The number of benzene rings is 2. The molecule has 3 atom stereocenters. The van der Waals surface area contributed by atoms with Gasteiger partial charge in [-0.15, -0.1) is 0 Å². The number of thioether (sulfide) groups is 1. The molecule has 0 amide bonds. The number of ether oxygens (including phenoxy) is 2. The predicted octanol–water partition coefficient (Wildman–Crippen LogP) is 4.43. The fourth-order valence-electron chi connectivity index (χ4n) is 4.35. The second-order valence-corrected chi connectivity index (χ2v) is 9.73. The van der Waals surface area contributed by atoms with Crippen LogP contribution in [0.15, 0.2) is 65.9 Å². The Balaban J connectivity index is 2.16. The molecule has 9 heteroatoms. The minimum atomic E-state index is -1.36. The van der Waals surface area contributed by atoms with Gasteiger partial charge in [0.15, 0.2) is 9.99 Å². The summed E-state index contributed by atoms with van der Waals surface area (Å²) in [5.74, 6) is -1.22. The van der Waals surface area contributed by atoms with Gasteiger partial charge in [-0.1, -0.05) is 60.3 Å². The van der Waals surface area contributed by atoms with Crippen LogP contribution in [0.1, 0.15) is 44.7 Å². The van der Waals surface area contributed by atoms with E-state index in [1.807, 2.05) is 30.3 Å². The molecule has 0 fully saturated rings. The number of esters is 1. The predicted molar refractivity (Wildman–Crippen MR) is 130 cm³/mol. The van der Waals surface area contributed by atoms with E-state index in [4.69, 9.17) is 9.47 Å². The normalized spacial score (nSPS) is 22.0. The van der Waals surface area contributed by atoms with Gasteiger partial charge in [-0.05, 0) is 32.4 Å². The first-order valence-electron chi connectivity index (χ1n) is 10.9. The third kappa shape index (κ3) is 5.41. The van der Waals surface area contributed by atoms with E-state index < -0.39 is 27.7 Å². The number of nitrogens with zero attached hydrogens (tertiary/aromatic N) is 1. The van der Waals surface area contributed by atoms with Crippen LogP contribution < -0.4 is 10.1 Å². The highest BCUT2D eigenvalue weighted by Gasteiger charge is 2.57. The van der Waals surface area contributed by atoms with Crippen molar-refractivity contribution in [1.29, 1.82) is 0 Å². The summed E-state index contributed by atoms with van der Waals surface area (Å²) in [6.45, 7) is 6.69. The molecule has 1 heterocycles. The molecule has 3 rings (SSSR count). The minimum absolute atomic E-state index is 0.122. The molecule has 0 radical (unpaired) electrons. The highest BCUT2D eigenvalue weighted by Crippen LogP contribution is 2.47. The highest BCUT2D eigenvalue weighted by atomic mass is 32.2. The van der Waals surface area contributed by atoms with Crippen molar-refractivity contribution in [2.75, 3.05) is 6.61 Å². The number of para-hydroxylation sites is 1. The largest absolute Gasteiger partial charge is 0.489 e. The second-order valence-electron chi connectivity index (χ2n) is 8.10. The average molecular weight is 485 g/mol. The Hall–Kier alpha value is -3.33. The Kier molecular flexibility index (Phi) is 7.98. The van der Waals surface area contributed by atoms with Crippen LogP contribution in [0.5, 0.6) is 5.75 Å². The van der Waals surface area contributed by atoms with Crippen molar-refractivity contribution in [3.8, 4) is 5.75 Å². The molecule has 34 heavy (non-hydrogen) atoms. The fraction of sp³-hybridized carbons (Fsp3) is 0.360. The van der Waals surface area contributed by atoms with Crippen LogP contribution in [0.2, 0.25) is 0 Å². The number of allylic oxidation sites excluding steroid dienone is 1. The zero-order valence-corrected chi connectivity index (χ0v) is 20.4. The van der Waals surface area contributed by atoms with E-state index in [9.17, 15) is 19.7 Å². The Labute approximate surface area is 202 Å². The maximum atomic E-state index is 13.0. The summed E-state index contributed by atoms with van der Waals surface area (Å²) >= 11 is 0.841.